The molecular formula is C64H73N. The van der Waals surface area contributed by atoms with Gasteiger partial charge in [-0.1, -0.05) is 185 Å². The molecule has 0 bridgehead atoms. The molecule has 3 fully saturated rings. The van der Waals surface area contributed by atoms with Crippen molar-refractivity contribution in [2.75, 3.05) is 4.90 Å². The van der Waals surface area contributed by atoms with Crippen LogP contribution in [-0.4, -0.2) is 0 Å². The monoisotopic (exact) mass is 856 g/mol. The Hall–Kier alpha value is -4.88. The molecule has 11 rings (SSSR count). The first-order valence-corrected chi connectivity index (χ1v) is 26.0. The van der Waals surface area contributed by atoms with Gasteiger partial charge >= 0.3 is 0 Å². The molecule has 0 amide bonds. The number of nitrogens with zero attached hydrogens (tertiary/aromatic N) is 1. The molecule has 1 nitrogen and oxygen atoms in total. The minimum absolute atomic E-state index is 0.0914. The molecule has 6 aromatic carbocycles. The molecule has 3 saturated carbocycles. The van der Waals surface area contributed by atoms with E-state index in [0.717, 1.165) is 0 Å². The lowest BCUT2D eigenvalue weighted by molar-refractivity contribution is 0.435. The molecule has 5 aliphatic carbocycles. The smallest absolute Gasteiger partial charge is 0.0540 e. The Morgan fingerprint density at radius 3 is 1.40 bits per heavy atom. The molecule has 0 atom stereocenters. The quantitative estimate of drug-likeness (QED) is 0.155. The Morgan fingerprint density at radius 1 is 0.400 bits per heavy atom. The lowest BCUT2D eigenvalue weighted by atomic mass is 9.78. The highest BCUT2D eigenvalue weighted by Gasteiger charge is 2.39. The zero-order valence-corrected chi connectivity index (χ0v) is 40.8. The second-order valence-electron chi connectivity index (χ2n) is 23.3. The first-order valence-electron chi connectivity index (χ1n) is 26.0. The number of fused-ring (bicyclic) bond motifs is 6. The van der Waals surface area contributed by atoms with E-state index in [0.29, 0.717) is 17.8 Å². The van der Waals surface area contributed by atoms with E-state index >= 15 is 0 Å². The molecule has 0 heterocycles. The lowest BCUT2D eigenvalue weighted by Gasteiger charge is -2.33. The van der Waals surface area contributed by atoms with E-state index < -0.39 is 0 Å². The molecule has 6 aromatic rings. The van der Waals surface area contributed by atoms with Crippen LogP contribution in [0.15, 0.2) is 115 Å². The van der Waals surface area contributed by atoms with Crippen molar-refractivity contribution in [2.45, 2.75) is 179 Å². The summed E-state index contributed by atoms with van der Waals surface area (Å²) in [5.74, 6) is 1.94. The highest BCUT2D eigenvalue weighted by Crippen LogP contribution is 2.55. The maximum absolute atomic E-state index is 2.68. The zero-order chi connectivity index (χ0) is 44.7. The van der Waals surface area contributed by atoms with Crippen LogP contribution >= 0.6 is 0 Å². The van der Waals surface area contributed by atoms with Gasteiger partial charge in [0.1, 0.15) is 0 Å². The molecule has 0 unspecified atom stereocenters. The van der Waals surface area contributed by atoms with Gasteiger partial charge in [-0.2, -0.15) is 0 Å². The second-order valence-corrected chi connectivity index (χ2v) is 23.3. The fourth-order valence-electron chi connectivity index (χ4n) is 13.4. The SMILES string of the molecule is CC(C)(C)c1ccc2c(c1)C(C)(C)c1cc(N(c3ccc4c(c3)C(C)(C)c3ccccc3-4)c3ccc(C4CCCCC4)cc3-c3cc(C4CCCCC4)cc(C4CCCCC4)c3)ccc1-2. The van der Waals surface area contributed by atoms with Crippen molar-refractivity contribution in [3.63, 3.8) is 0 Å². The van der Waals surface area contributed by atoms with Crippen LogP contribution in [-0.2, 0) is 16.2 Å². The third kappa shape index (κ3) is 7.52. The minimum Gasteiger partial charge on any atom is -0.310 e. The highest BCUT2D eigenvalue weighted by atomic mass is 15.1. The molecule has 1 heteroatoms. The standard InChI is InChI=1S/C64H73N/c1-62(2,3)49-28-31-53-55-33-30-51(41-60(55)64(6,7)58(53)39-49)65(50-29-32-54-52-25-17-18-26-57(52)63(4,5)59(54)40-50)61-34-27-45(42-19-11-8-12-20-42)38-56(61)48-36-46(43-21-13-9-14-22-43)35-47(37-48)44-23-15-10-16-24-44/h17-18,25-44H,8-16,19-24H2,1-7H3. The summed E-state index contributed by atoms with van der Waals surface area (Å²) in [4.78, 5) is 2.67. The Kier molecular flexibility index (Phi) is 10.8. The molecule has 0 aliphatic heterocycles. The van der Waals surface area contributed by atoms with E-state index in [1.807, 2.05) is 0 Å². The van der Waals surface area contributed by atoms with Crippen LogP contribution in [0.4, 0.5) is 17.1 Å². The molecule has 0 aromatic heterocycles. The van der Waals surface area contributed by atoms with Gasteiger partial charge in [-0.25, -0.2) is 0 Å². The Balaban J connectivity index is 1.14. The molecule has 0 saturated heterocycles. The van der Waals surface area contributed by atoms with E-state index in [4.69, 9.17) is 0 Å². The number of anilines is 3. The maximum atomic E-state index is 2.68. The first kappa shape index (κ1) is 42.7. The Bertz CT molecular complexity index is 2720. The predicted octanol–water partition coefficient (Wildman–Crippen LogP) is 18.9. The van der Waals surface area contributed by atoms with Crippen molar-refractivity contribution in [1.29, 1.82) is 0 Å². The third-order valence-electron chi connectivity index (χ3n) is 17.4. The van der Waals surface area contributed by atoms with Crippen molar-refractivity contribution in [3.05, 3.63) is 160 Å². The summed E-state index contributed by atoms with van der Waals surface area (Å²) in [5, 5.41) is 0. The van der Waals surface area contributed by atoms with Gasteiger partial charge in [0, 0.05) is 27.8 Å². The van der Waals surface area contributed by atoms with Crippen molar-refractivity contribution in [1.82, 2.24) is 0 Å². The number of benzene rings is 6. The van der Waals surface area contributed by atoms with Crippen molar-refractivity contribution < 1.29 is 0 Å². The molecule has 65 heavy (non-hydrogen) atoms. The zero-order valence-electron chi connectivity index (χ0n) is 40.8. The van der Waals surface area contributed by atoms with Gasteiger partial charge in [0.05, 0.1) is 5.69 Å². The summed E-state index contributed by atoms with van der Waals surface area (Å²) in [6, 6.07) is 47.1. The van der Waals surface area contributed by atoms with Crippen LogP contribution in [0.5, 0.6) is 0 Å². The predicted molar refractivity (Wildman–Crippen MR) is 278 cm³/mol. The Labute approximate surface area is 392 Å². The van der Waals surface area contributed by atoms with Gasteiger partial charge in [-0.15, -0.1) is 0 Å². The largest absolute Gasteiger partial charge is 0.310 e. The first-order chi connectivity index (χ1) is 31.4. The van der Waals surface area contributed by atoms with Crippen LogP contribution in [0.25, 0.3) is 33.4 Å². The van der Waals surface area contributed by atoms with Gasteiger partial charge in [-0.3, -0.25) is 0 Å². The summed E-state index contributed by atoms with van der Waals surface area (Å²) in [5.41, 5.74) is 23.9. The van der Waals surface area contributed by atoms with Crippen LogP contribution in [0.1, 0.15) is 207 Å². The van der Waals surface area contributed by atoms with Crippen molar-refractivity contribution >= 4 is 17.1 Å². The average Bonchev–Trinajstić information content (AvgIpc) is 3.70. The van der Waals surface area contributed by atoms with Gasteiger partial charge < -0.3 is 4.90 Å². The van der Waals surface area contributed by atoms with Crippen molar-refractivity contribution in [3.8, 4) is 33.4 Å². The van der Waals surface area contributed by atoms with Gasteiger partial charge in [0.25, 0.3) is 0 Å². The van der Waals surface area contributed by atoms with Gasteiger partial charge in [0.2, 0.25) is 0 Å². The number of hydrogen-bond acceptors (Lipinski definition) is 1. The minimum atomic E-state index is -0.133. The molecule has 5 aliphatic rings. The maximum Gasteiger partial charge on any atom is 0.0540 e. The molecule has 0 radical (unpaired) electrons. The Morgan fingerprint density at radius 2 is 0.862 bits per heavy atom. The van der Waals surface area contributed by atoms with E-state index in [2.05, 4.69) is 169 Å². The molecule has 334 valence electrons. The van der Waals surface area contributed by atoms with Gasteiger partial charge in [0.15, 0.2) is 0 Å². The van der Waals surface area contributed by atoms with Crippen LogP contribution in [0.3, 0.4) is 0 Å². The number of rotatable bonds is 7. The van der Waals surface area contributed by atoms with E-state index in [-0.39, 0.29) is 16.2 Å². The highest BCUT2D eigenvalue weighted by molar-refractivity contribution is 5.93. The second kappa shape index (κ2) is 16.5. The van der Waals surface area contributed by atoms with E-state index in [9.17, 15) is 0 Å². The van der Waals surface area contributed by atoms with Gasteiger partial charge in [-0.05, 0) is 170 Å². The summed E-state index contributed by atoms with van der Waals surface area (Å²) >= 11 is 0. The normalized spacial score (nSPS) is 19.4. The number of hydrogen-bond donors (Lipinski definition) is 0. The summed E-state index contributed by atoms with van der Waals surface area (Å²) < 4.78 is 0. The fourth-order valence-corrected chi connectivity index (χ4v) is 13.4. The van der Waals surface area contributed by atoms with Crippen molar-refractivity contribution in [2.24, 2.45) is 0 Å². The summed E-state index contributed by atoms with van der Waals surface area (Å²) in [6.45, 7) is 16.8. The summed E-state index contributed by atoms with van der Waals surface area (Å²) in [7, 11) is 0. The van der Waals surface area contributed by atoms with E-state index in [1.165, 1.54) is 180 Å². The topological polar surface area (TPSA) is 3.24 Å². The van der Waals surface area contributed by atoms with Crippen LogP contribution in [0.2, 0.25) is 0 Å². The lowest BCUT2D eigenvalue weighted by Crippen LogP contribution is -2.19. The fraction of sp³-hybridized carbons (Fsp3) is 0.438. The third-order valence-corrected chi connectivity index (χ3v) is 17.4. The summed E-state index contributed by atoms with van der Waals surface area (Å²) in [6.07, 6.45) is 20.2. The van der Waals surface area contributed by atoms with Crippen LogP contribution < -0.4 is 4.90 Å². The average molecular weight is 856 g/mol. The van der Waals surface area contributed by atoms with E-state index in [1.54, 1.807) is 11.1 Å². The van der Waals surface area contributed by atoms with Crippen LogP contribution in [0, 0.1) is 0 Å². The molecule has 0 spiro atoms. The molecular weight excluding hydrogens is 783 g/mol. The molecule has 0 N–H and O–H groups in total.